The molecular weight excluding hydrogens is 244 g/mol. The Labute approximate surface area is 108 Å². The highest BCUT2D eigenvalue weighted by Crippen LogP contribution is 2.21. The largest absolute Gasteiger partial charge is 0.506 e. The molecule has 0 fully saturated rings. The number of aromatic hydroxyl groups is 1. The summed E-state index contributed by atoms with van der Waals surface area (Å²) >= 11 is 0. The van der Waals surface area contributed by atoms with E-state index in [1.165, 1.54) is 6.07 Å². The van der Waals surface area contributed by atoms with Gasteiger partial charge in [-0.3, -0.25) is 0 Å². The number of aromatic carboxylic acids is 1. The van der Waals surface area contributed by atoms with Crippen molar-refractivity contribution in [2.75, 3.05) is 0 Å². The summed E-state index contributed by atoms with van der Waals surface area (Å²) in [6, 6.07) is 9.84. The van der Waals surface area contributed by atoms with E-state index in [4.69, 9.17) is 5.11 Å². The summed E-state index contributed by atoms with van der Waals surface area (Å²) in [7, 11) is 0. The molecule has 2 heterocycles. The monoisotopic (exact) mass is 254 g/mol. The summed E-state index contributed by atoms with van der Waals surface area (Å²) in [5.41, 5.74) is 2.29. The first kappa shape index (κ1) is 11.3. The van der Waals surface area contributed by atoms with Crippen LogP contribution in [-0.2, 0) is 0 Å². The Morgan fingerprint density at radius 2 is 2.00 bits per heavy atom. The van der Waals surface area contributed by atoms with Gasteiger partial charge in [0.25, 0.3) is 0 Å². The Bertz CT molecular complexity index is 777. The van der Waals surface area contributed by atoms with Crippen LogP contribution in [-0.4, -0.2) is 25.6 Å². The molecule has 0 amide bonds. The van der Waals surface area contributed by atoms with Crippen LogP contribution in [0, 0.1) is 0 Å². The van der Waals surface area contributed by atoms with Crippen LogP contribution in [0.3, 0.4) is 0 Å². The summed E-state index contributed by atoms with van der Waals surface area (Å²) in [5, 5.41) is 18.4. The molecule has 0 aliphatic heterocycles. The summed E-state index contributed by atoms with van der Waals surface area (Å²) in [5.74, 6) is -0.820. The minimum atomic E-state index is -0.969. The van der Waals surface area contributed by atoms with Gasteiger partial charge in [-0.2, -0.15) is 0 Å². The maximum Gasteiger partial charge on any atom is 0.335 e. The predicted octanol–water partition coefficient (Wildman–Crippen LogP) is 2.41. The summed E-state index contributed by atoms with van der Waals surface area (Å²) < 4.78 is 1.69. The Morgan fingerprint density at radius 3 is 2.79 bits per heavy atom. The molecule has 5 nitrogen and oxygen atoms in total. The van der Waals surface area contributed by atoms with E-state index in [9.17, 15) is 9.90 Å². The number of rotatable bonds is 2. The van der Waals surface area contributed by atoms with Gasteiger partial charge in [-0.25, -0.2) is 9.78 Å². The molecule has 19 heavy (non-hydrogen) atoms. The fourth-order valence-corrected chi connectivity index (χ4v) is 1.93. The number of pyridine rings is 1. The van der Waals surface area contributed by atoms with E-state index in [0.717, 1.165) is 5.56 Å². The normalized spacial score (nSPS) is 10.7. The molecular formula is C14H10N2O3. The van der Waals surface area contributed by atoms with Crippen molar-refractivity contribution in [3.05, 3.63) is 54.4 Å². The van der Waals surface area contributed by atoms with Gasteiger partial charge in [-0.05, 0) is 24.3 Å². The lowest BCUT2D eigenvalue weighted by Gasteiger charge is -1.98. The van der Waals surface area contributed by atoms with Gasteiger partial charge in [-0.1, -0.05) is 12.1 Å². The third-order valence-electron chi connectivity index (χ3n) is 2.84. The number of hydrogen-bond acceptors (Lipinski definition) is 3. The van der Waals surface area contributed by atoms with Crippen LogP contribution in [0.4, 0.5) is 0 Å². The van der Waals surface area contributed by atoms with Gasteiger partial charge in [0.2, 0.25) is 0 Å². The van der Waals surface area contributed by atoms with Gasteiger partial charge in [0.05, 0.1) is 17.5 Å². The molecule has 0 aliphatic carbocycles. The van der Waals surface area contributed by atoms with Crippen LogP contribution in [0.2, 0.25) is 0 Å². The third kappa shape index (κ3) is 2.01. The van der Waals surface area contributed by atoms with Crippen molar-refractivity contribution in [3.8, 4) is 17.0 Å². The first-order chi connectivity index (χ1) is 9.13. The maximum absolute atomic E-state index is 10.9. The highest BCUT2D eigenvalue weighted by atomic mass is 16.4. The molecule has 0 saturated heterocycles. The Balaban J connectivity index is 2.13. The highest BCUT2D eigenvalue weighted by molar-refractivity contribution is 5.89. The summed E-state index contributed by atoms with van der Waals surface area (Å²) in [6.07, 6.45) is 3.29. The van der Waals surface area contributed by atoms with Crippen molar-refractivity contribution in [1.29, 1.82) is 0 Å². The van der Waals surface area contributed by atoms with Crippen LogP contribution >= 0.6 is 0 Å². The van der Waals surface area contributed by atoms with E-state index in [2.05, 4.69) is 4.98 Å². The first-order valence-electron chi connectivity index (χ1n) is 5.65. The second kappa shape index (κ2) is 4.13. The van der Waals surface area contributed by atoms with Gasteiger partial charge in [0.15, 0.2) is 0 Å². The quantitative estimate of drug-likeness (QED) is 0.736. The predicted molar refractivity (Wildman–Crippen MR) is 69.3 cm³/mol. The van der Waals surface area contributed by atoms with Crippen molar-refractivity contribution in [2.45, 2.75) is 0 Å². The molecule has 3 rings (SSSR count). The lowest BCUT2D eigenvalue weighted by Crippen LogP contribution is -1.95. The van der Waals surface area contributed by atoms with Gasteiger partial charge in [0, 0.05) is 11.8 Å². The molecule has 3 aromatic rings. The number of carboxylic acids is 1. The average molecular weight is 254 g/mol. The zero-order valence-electron chi connectivity index (χ0n) is 9.82. The number of carboxylic acid groups (broad SMARTS) is 1. The van der Waals surface area contributed by atoms with Crippen molar-refractivity contribution in [2.24, 2.45) is 0 Å². The van der Waals surface area contributed by atoms with Crippen LogP contribution < -0.4 is 0 Å². The number of nitrogens with zero attached hydrogens (tertiary/aromatic N) is 2. The fraction of sp³-hybridized carbons (Fsp3) is 0. The molecule has 0 saturated carbocycles. The van der Waals surface area contributed by atoms with Crippen molar-refractivity contribution < 1.29 is 15.0 Å². The molecule has 94 valence electrons. The van der Waals surface area contributed by atoms with Gasteiger partial charge >= 0.3 is 5.97 Å². The lowest BCUT2D eigenvalue weighted by molar-refractivity contribution is 0.0697. The molecule has 0 aliphatic rings. The number of benzene rings is 1. The smallest absolute Gasteiger partial charge is 0.335 e. The van der Waals surface area contributed by atoms with E-state index in [1.54, 1.807) is 47.1 Å². The summed E-state index contributed by atoms with van der Waals surface area (Å²) in [6.45, 7) is 0. The number of carbonyl (C=O) groups is 1. The Hall–Kier alpha value is -2.82. The van der Waals surface area contributed by atoms with Crippen LogP contribution in [0.25, 0.3) is 16.9 Å². The fourth-order valence-electron chi connectivity index (χ4n) is 1.93. The van der Waals surface area contributed by atoms with E-state index in [0.29, 0.717) is 11.3 Å². The third-order valence-corrected chi connectivity index (χ3v) is 2.84. The maximum atomic E-state index is 10.9. The highest BCUT2D eigenvalue weighted by Gasteiger charge is 2.08. The van der Waals surface area contributed by atoms with Crippen molar-refractivity contribution in [3.63, 3.8) is 0 Å². The number of fused-ring (bicyclic) bond motifs is 1. The zero-order valence-corrected chi connectivity index (χ0v) is 9.82. The molecule has 2 aromatic heterocycles. The SMILES string of the molecule is O=C(O)c1cccc(-c2cn3cc(O)ccc3n2)c1. The van der Waals surface area contributed by atoms with Crippen LogP contribution in [0.5, 0.6) is 5.75 Å². The molecule has 5 heteroatoms. The number of hydrogen-bond donors (Lipinski definition) is 2. The summed E-state index contributed by atoms with van der Waals surface area (Å²) in [4.78, 5) is 15.3. The molecule has 0 spiro atoms. The number of aromatic nitrogens is 2. The minimum absolute atomic E-state index is 0.149. The van der Waals surface area contributed by atoms with E-state index >= 15 is 0 Å². The molecule has 2 N–H and O–H groups in total. The van der Waals surface area contributed by atoms with E-state index in [1.807, 2.05) is 0 Å². The van der Waals surface area contributed by atoms with Gasteiger partial charge in [-0.15, -0.1) is 0 Å². The van der Waals surface area contributed by atoms with Crippen molar-refractivity contribution >= 4 is 11.6 Å². The average Bonchev–Trinajstić information content (AvgIpc) is 2.81. The standard InChI is InChI=1S/C14H10N2O3/c17-11-4-5-13-15-12(8-16(13)7-11)9-2-1-3-10(6-9)14(18)19/h1-8,17H,(H,18,19). The van der Waals surface area contributed by atoms with E-state index in [-0.39, 0.29) is 11.3 Å². The number of imidazole rings is 1. The van der Waals surface area contributed by atoms with E-state index < -0.39 is 5.97 Å². The van der Waals surface area contributed by atoms with Gasteiger partial charge < -0.3 is 14.6 Å². The van der Waals surface area contributed by atoms with Gasteiger partial charge in [0.1, 0.15) is 11.4 Å². The Kier molecular flexibility index (Phi) is 2.45. The molecule has 1 aromatic carbocycles. The first-order valence-corrected chi connectivity index (χ1v) is 5.65. The topological polar surface area (TPSA) is 74.8 Å². The molecule has 0 radical (unpaired) electrons. The van der Waals surface area contributed by atoms with Crippen molar-refractivity contribution in [1.82, 2.24) is 9.38 Å². The van der Waals surface area contributed by atoms with Crippen LogP contribution in [0.15, 0.2) is 48.8 Å². The molecule has 0 bridgehead atoms. The Morgan fingerprint density at radius 1 is 1.16 bits per heavy atom. The second-order valence-electron chi connectivity index (χ2n) is 4.16. The molecule has 0 atom stereocenters. The minimum Gasteiger partial charge on any atom is -0.506 e. The lowest BCUT2D eigenvalue weighted by atomic mass is 10.1. The second-order valence-corrected chi connectivity index (χ2v) is 4.16. The molecule has 0 unspecified atom stereocenters. The zero-order chi connectivity index (χ0) is 13.4. The van der Waals surface area contributed by atoms with Crippen LogP contribution in [0.1, 0.15) is 10.4 Å².